The van der Waals surface area contributed by atoms with Crippen LogP contribution in [0.1, 0.15) is 11.1 Å². The Balaban J connectivity index is 2.31. The Morgan fingerprint density at radius 3 is 2.48 bits per heavy atom. The van der Waals surface area contributed by atoms with Crippen molar-refractivity contribution in [3.8, 4) is 5.75 Å². The first-order valence-electron chi connectivity index (χ1n) is 6.82. The van der Waals surface area contributed by atoms with Crippen molar-refractivity contribution in [2.45, 2.75) is 13.5 Å². The molecule has 0 atom stereocenters. The van der Waals surface area contributed by atoms with Gasteiger partial charge in [0, 0.05) is 19.3 Å². The van der Waals surface area contributed by atoms with Crippen molar-refractivity contribution in [1.82, 2.24) is 0 Å². The normalized spacial score (nSPS) is 10.3. The van der Waals surface area contributed by atoms with Gasteiger partial charge in [-0.3, -0.25) is 0 Å². The summed E-state index contributed by atoms with van der Waals surface area (Å²) in [5.41, 5.74) is 3.61. The van der Waals surface area contributed by atoms with E-state index in [0.717, 1.165) is 11.3 Å². The summed E-state index contributed by atoms with van der Waals surface area (Å²) in [6.45, 7) is 2.62. The number of hydrogen-bond acceptors (Lipinski definition) is 4. The van der Waals surface area contributed by atoms with Gasteiger partial charge >= 0.3 is 7.12 Å². The van der Waals surface area contributed by atoms with Crippen LogP contribution in [0.3, 0.4) is 0 Å². The molecule has 0 saturated carbocycles. The van der Waals surface area contributed by atoms with Crippen LogP contribution in [-0.4, -0.2) is 31.3 Å². The molecule has 21 heavy (non-hydrogen) atoms. The first-order valence-corrected chi connectivity index (χ1v) is 6.82. The van der Waals surface area contributed by atoms with Gasteiger partial charge in [0.1, 0.15) is 5.75 Å². The third-order valence-electron chi connectivity index (χ3n) is 3.56. The Labute approximate surface area is 125 Å². The van der Waals surface area contributed by atoms with Gasteiger partial charge in [-0.25, -0.2) is 0 Å². The Morgan fingerprint density at radius 1 is 1.14 bits per heavy atom. The topological polar surface area (TPSA) is 52.9 Å². The minimum absolute atomic E-state index is 0.497. The molecule has 0 aliphatic heterocycles. The lowest BCUT2D eigenvalue weighted by Crippen LogP contribution is -2.35. The second-order valence-corrected chi connectivity index (χ2v) is 5.08. The molecular weight excluding hydrogens is 265 g/mol. The predicted octanol–water partition coefficient (Wildman–Crippen LogP) is 1.32. The summed E-state index contributed by atoms with van der Waals surface area (Å²) in [6.07, 6.45) is 0. The average molecular weight is 285 g/mol. The van der Waals surface area contributed by atoms with Crippen molar-refractivity contribution in [1.29, 1.82) is 0 Å². The quantitative estimate of drug-likeness (QED) is 0.814. The van der Waals surface area contributed by atoms with E-state index in [-0.39, 0.29) is 0 Å². The van der Waals surface area contributed by atoms with E-state index in [1.807, 2.05) is 31.3 Å². The molecule has 2 aromatic rings. The molecule has 0 heterocycles. The van der Waals surface area contributed by atoms with Crippen LogP contribution >= 0.6 is 0 Å². The molecule has 4 nitrogen and oxygen atoms in total. The molecule has 0 spiro atoms. The maximum absolute atomic E-state index is 9.50. The Hall–Kier alpha value is -1.98. The van der Waals surface area contributed by atoms with Gasteiger partial charge in [0.25, 0.3) is 0 Å². The molecule has 0 saturated heterocycles. The highest BCUT2D eigenvalue weighted by Crippen LogP contribution is 2.21. The Bertz CT molecular complexity index is 616. The second-order valence-electron chi connectivity index (χ2n) is 5.08. The highest BCUT2D eigenvalue weighted by atomic mass is 16.5. The number of hydrogen-bond donors (Lipinski definition) is 2. The summed E-state index contributed by atoms with van der Waals surface area (Å²) in [4.78, 5) is 2.08. The number of nitrogens with zero attached hydrogens (tertiary/aromatic N) is 1. The summed E-state index contributed by atoms with van der Waals surface area (Å²) < 4.78 is 5.22. The molecule has 2 aromatic carbocycles. The highest BCUT2D eigenvalue weighted by molar-refractivity contribution is 6.59. The zero-order valence-corrected chi connectivity index (χ0v) is 12.6. The van der Waals surface area contributed by atoms with Crippen LogP contribution in [0.25, 0.3) is 0 Å². The fraction of sp³-hybridized carbons (Fsp3) is 0.250. The molecule has 0 bridgehead atoms. The van der Waals surface area contributed by atoms with Crippen LogP contribution in [0, 0.1) is 6.92 Å². The standard InChI is InChI=1S/C16H20BNO3/c1-12-6-4-5-7-16(12)18(2)11-13-10-14(21-3)8-9-15(13)17(19)20/h4-10,19-20H,11H2,1-3H3. The van der Waals surface area contributed by atoms with E-state index in [1.54, 1.807) is 19.2 Å². The first kappa shape index (κ1) is 15.4. The van der Waals surface area contributed by atoms with Gasteiger partial charge in [0.15, 0.2) is 0 Å². The smallest absolute Gasteiger partial charge is 0.488 e. The fourth-order valence-electron chi connectivity index (χ4n) is 2.43. The number of methoxy groups -OCH3 is 1. The summed E-state index contributed by atoms with van der Waals surface area (Å²) in [5, 5.41) is 19.0. The third-order valence-corrected chi connectivity index (χ3v) is 3.56. The predicted molar refractivity (Wildman–Crippen MR) is 86.1 cm³/mol. The van der Waals surface area contributed by atoms with Crippen LogP contribution < -0.4 is 15.1 Å². The van der Waals surface area contributed by atoms with Crippen LogP contribution in [0.2, 0.25) is 0 Å². The molecule has 2 rings (SSSR count). The molecule has 0 aliphatic carbocycles. The van der Waals surface area contributed by atoms with E-state index in [2.05, 4.69) is 17.9 Å². The number of rotatable bonds is 5. The first-order chi connectivity index (χ1) is 10.0. The maximum atomic E-state index is 9.50. The van der Waals surface area contributed by atoms with E-state index in [4.69, 9.17) is 4.74 Å². The number of ether oxygens (including phenoxy) is 1. The highest BCUT2D eigenvalue weighted by Gasteiger charge is 2.18. The van der Waals surface area contributed by atoms with E-state index >= 15 is 0 Å². The summed E-state index contributed by atoms with van der Waals surface area (Å²) in [5.74, 6) is 0.701. The molecule has 2 N–H and O–H groups in total. The van der Waals surface area contributed by atoms with Gasteiger partial charge in [-0.2, -0.15) is 0 Å². The molecule has 0 aromatic heterocycles. The van der Waals surface area contributed by atoms with Crippen molar-refractivity contribution in [3.05, 3.63) is 53.6 Å². The number of aryl methyl sites for hydroxylation is 1. The maximum Gasteiger partial charge on any atom is 0.488 e. The van der Waals surface area contributed by atoms with Crippen molar-refractivity contribution >= 4 is 18.3 Å². The summed E-state index contributed by atoms with van der Waals surface area (Å²) in [6, 6.07) is 13.3. The summed E-state index contributed by atoms with van der Waals surface area (Å²) in [7, 11) is 2.09. The van der Waals surface area contributed by atoms with E-state index in [0.29, 0.717) is 17.8 Å². The molecular formula is C16H20BNO3. The molecule has 0 radical (unpaired) electrons. The Kier molecular flexibility index (Phi) is 4.88. The number of para-hydroxylation sites is 1. The second kappa shape index (κ2) is 6.65. The monoisotopic (exact) mass is 285 g/mol. The number of anilines is 1. The van der Waals surface area contributed by atoms with E-state index in [9.17, 15) is 10.0 Å². The molecule has 0 amide bonds. The zero-order valence-electron chi connectivity index (χ0n) is 12.6. The van der Waals surface area contributed by atoms with Crippen molar-refractivity contribution in [2.24, 2.45) is 0 Å². The lowest BCUT2D eigenvalue weighted by Gasteiger charge is -2.23. The van der Waals surface area contributed by atoms with Gasteiger partial charge in [0.05, 0.1) is 7.11 Å². The minimum Gasteiger partial charge on any atom is -0.497 e. The van der Waals surface area contributed by atoms with E-state index in [1.165, 1.54) is 5.56 Å². The molecule has 110 valence electrons. The Morgan fingerprint density at radius 2 is 1.86 bits per heavy atom. The summed E-state index contributed by atoms with van der Waals surface area (Å²) >= 11 is 0. The largest absolute Gasteiger partial charge is 0.497 e. The van der Waals surface area contributed by atoms with Crippen LogP contribution in [-0.2, 0) is 6.54 Å². The molecule has 5 heteroatoms. The fourth-order valence-corrected chi connectivity index (χ4v) is 2.43. The van der Waals surface area contributed by atoms with Crippen LogP contribution in [0.15, 0.2) is 42.5 Å². The van der Waals surface area contributed by atoms with Crippen LogP contribution in [0.5, 0.6) is 5.75 Å². The van der Waals surface area contributed by atoms with Crippen molar-refractivity contribution < 1.29 is 14.8 Å². The van der Waals surface area contributed by atoms with Gasteiger partial charge in [0.2, 0.25) is 0 Å². The van der Waals surface area contributed by atoms with Gasteiger partial charge in [-0.05, 0) is 41.7 Å². The average Bonchev–Trinajstić information content (AvgIpc) is 2.47. The molecule has 0 fully saturated rings. The van der Waals surface area contributed by atoms with Gasteiger partial charge in [-0.15, -0.1) is 0 Å². The third kappa shape index (κ3) is 3.57. The van der Waals surface area contributed by atoms with E-state index < -0.39 is 7.12 Å². The lowest BCUT2D eigenvalue weighted by molar-refractivity contribution is 0.413. The number of benzene rings is 2. The minimum atomic E-state index is -1.49. The molecule has 0 unspecified atom stereocenters. The molecule has 0 aliphatic rings. The van der Waals surface area contributed by atoms with Gasteiger partial charge < -0.3 is 19.7 Å². The zero-order chi connectivity index (χ0) is 15.4. The van der Waals surface area contributed by atoms with Crippen molar-refractivity contribution in [2.75, 3.05) is 19.1 Å². The SMILES string of the molecule is COc1ccc(B(O)O)c(CN(C)c2ccccc2C)c1. The lowest BCUT2D eigenvalue weighted by atomic mass is 9.77. The van der Waals surface area contributed by atoms with Crippen molar-refractivity contribution in [3.63, 3.8) is 0 Å². The van der Waals surface area contributed by atoms with Gasteiger partial charge in [-0.1, -0.05) is 24.3 Å². The van der Waals surface area contributed by atoms with Crippen LogP contribution in [0.4, 0.5) is 5.69 Å².